The Hall–Kier alpha value is -2.33. The van der Waals surface area contributed by atoms with Gasteiger partial charge in [0, 0.05) is 29.5 Å². The zero-order valence-electron chi connectivity index (χ0n) is 13.7. The topological polar surface area (TPSA) is 34.0 Å². The quantitative estimate of drug-likeness (QED) is 0.697. The van der Waals surface area contributed by atoms with E-state index in [2.05, 4.69) is 37.9 Å². The fourth-order valence-corrected chi connectivity index (χ4v) is 3.15. The lowest BCUT2D eigenvalue weighted by atomic mass is 10.1. The highest BCUT2D eigenvalue weighted by Crippen LogP contribution is 2.25. The van der Waals surface area contributed by atoms with Crippen LogP contribution in [0.15, 0.2) is 65.1 Å². The van der Waals surface area contributed by atoms with E-state index in [0.29, 0.717) is 12.1 Å². The van der Waals surface area contributed by atoms with Gasteiger partial charge < -0.3 is 9.88 Å². The van der Waals surface area contributed by atoms with Crippen LogP contribution < -0.4 is 5.32 Å². The van der Waals surface area contributed by atoms with Crippen LogP contribution in [0, 0.1) is 6.92 Å². The molecule has 24 heavy (non-hydrogen) atoms. The van der Waals surface area contributed by atoms with Crippen molar-refractivity contribution >= 4 is 21.8 Å². The molecule has 0 atom stereocenters. The summed E-state index contributed by atoms with van der Waals surface area (Å²) in [5.74, 6) is -0.0546. The Morgan fingerprint density at radius 3 is 2.46 bits per heavy atom. The van der Waals surface area contributed by atoms with Crippen molar-refractivity contribution in [1.82, 2.24) is 9.88 Å². The van der Waals surface area contributed by atoms with Crippen LogP contribution in [0.5, 0.6) is 0 Å². The third-order valence-corrected chi connectivity index (χ3v) is 5.02. The lowest BCUT2D eigenvalue weighted by Gasteiger charge is -2.07. The highest BCUT2D eigenvalue weighted by molar-refractivity contribution is 9.10. The van der Waals surface area contributed by atoms with E-state index >= 15 is 0 Å². The maximum absolute atomic E-state index is 12.6. The minimum absolute atomic E-state index is 0.0546. The van der Waals surface area contributed by atoms with E-state index in [0.717, 1.165) is 27.0 Å². The summed E-state index contributed by atoms with van der Waals surface area (Å²) in [6.45, 7) is 2.47. The number of nitrogens with one attached hydrogen (secondary N) is 1. The van der Waals surface area contributed by atoms with Gasteiger partial charge in [0.15, 0.2) is 0 Å². The van der Waals surface area contributed by atoms with Gasteiger partial charge in [-0.3, -0.25) is 4.79 Å². The third-order valence-electron chi connectivity index (χ3n) is 4.25. The van der Waals surface area contributed by atoms with Crippen LogP contribution in [0.25, 0.3) is 11.3 Å². The fourth-order valence-electron chi connectivity index (χ4n) is 2.73. The number of carbonyl (C=O) groups excluding carboxylic acids is 1. The van der Waals surface area contributed by atoms with Crippen molar-refractivity contribution in [3.05, 3.63) is 82.0 Å². The second-order valence-corrected chi connectivity index (χ2v) is 6.58. The molecular formula is C20H19BrN2O. The lowest BCUT2D eigenvalue weighted by Crippen LogP contribution is -2.23. The number of amides is 1. The van der Waals surface area contributed by atoms with Crippen molar-refractivity contribution in [1.29, 1.82) is 0 Å². The monoisotopic (exact) mass is 382 g/mol. The second-order valence-electron chi connectivity index (χ2n) is 5.73. The highest BCUT2D eigenvalue weighted by Gasteiger charge is 2.16. The molecule has 4 heteroatoms. The molecular weight excluding hydrogens is 364 g/mol. The second kappa shape index (κ2) is 7.05. The van der Waals surface area contributed by atoms with Crippen LogP contribution in [0.4, 0.5) is 0 Å². The largest absolute Gasteiger partial charge is 0.348 e. The molecule has 1 N–H and O–H groups in total. The maximum atomic E-state index is 12.6. The number of carbonyl (C=O) groups is 1. The molecule has 3 aromatic rings. The molecule has 2 aromatic carbocycles. The fraction of sp³-hybridized carbons (Fsp3) is 0.150. The summed E-state index contributed by atoms with van der Waals surface area (Å²) in [6.07, 6.45) is 0. The molecule has 3 rings (SSSR count). The summed E-state index contributed by atoms with van der Waals surface area (Å²) in [5, 5.41) is 3.01. The molecule has 3 nitrogen and oxygen atoms in total. The maximum Gasteiger partial charge on any atom is 0.253 e. The number of hydrogen-bond donors (Lipinski definition) is 1. The zero-order chi connectivity index (χ0) is 17.1. The van der Waals surface area contributed by atoms with Crippen molar-refractivity contribution in [2.45, 2.75) is 13.5 Å². The van der Waals surface area contributed by atoms with Gasteiger partial charge in [0.05, 0.1) is 5.56 Å². The van der Waals surface area contributed by atoms with Gasteiger partial charge in [-0.1, -0.05) is 64.5 Å². The standard InChI is InChI=1S/C20H19BrN2O/c1-14-17(12-19(23(14)2)15-8-4-3-5-9-15)20(24)22-13-16-10-6-7-11-18(16)21/h3-12H,13H2,1-2H3,(H,22,24). The Balaban J connectivity index is 1.82. The highest BCUT2D eigenvalue weighted by atomic mass is 79.9. The zero-order valence-corrected chi connectivity index (χ0v) is 15.3. The average Bonchev–Trinajstić information content (AvgIpc) is 2.90. The molecule has 0 aliphatic heterocycles. The van der Waals surface area contributed by atoms with Crippen molar-refractivity contribution in [3.63, 3.8) is 0 Å². The van der Waals surface area contributed by atoms with Crippen molar-refractivity contribution in [2.75, 3.05) is 0 Å². The molecule has 0 unspecified atom stereocenters. The molecule has 0 saturated heterocycles. The predicted molar refractivity (Wildman–Crippen MR) is 101 cm³/mol. The number of nitrogens with zero attached hydrogens (tertiary/aromatic N) is 1. The van der Waals surface area contributed by atoms with E-state index < -0.39 is 0 Å². The van der Waals surface area contributed by atoms with Crippen LogP contribution >= 0.6 is 15.9 Å². The van der Waals surface area contributed by atoms with Gasteiger partial charge in [0.2, 0.25) is 0 Å². The summed E-state index contributed by atoms with van der Waals surface area (Å²) in [6, 6.07) is 20.0. The van der Waals surface area contributed by atoms with Crippen LogP contribution in [-0.2, 0) is 13.6 Å². The van der Waals surface area contributed by atoms with Crippen LogP contribution in [0.1, 0.15) is 21.6 Å². The van der Waals surface area contributed by atoms with Gasteiger partial charge in [-0.15, -0.1) is 0 Å². The molecule has 1 heterocycles. The Morgan fingerprint density at radius 2 is 1.75 bits per heavy atom. The van der Waals surface area contributed by atoms with E-state index in [9.17, 15) is 4.79 Å². The molecule has 0 fully saturated rings. The Labute approximate surface area is 150 Å². The summed E-state index contributed by atoms with van der Waals surface area (Å²) in [7, 11) is 1.99. The molecule has 0 aliphatic rings. The van der Waals surface area contributed by atoms with E-state index in [4.69, 9.17) is 0 Å². The van der Waals surface area contributed by atoms with Crippen LogP contribution in [0.3, 0.4) is 0 Å². The van der Waals surface area contributed by atoms with Crippen molar-refractivity contribution in [3.8, 4) is 11.3 Å². The Kier molecular flexibility index (Phi) is 4.86. The first-order valence-corrected chi connectivity index (χ1v) is 8.60. The molecule has 0 spiro atoms. The number of aromatic nitrogens is 1. The van der Waals surface area contributed by atoms with Gasteiger partial charge in [-0.2, -0.15) is 0 Å². The minimum atomic E-state index is -0.0546. The average molecular weight is 383 g/mol. The summed E-state index contributed by atoms with van der Waals surface area (Å²) in [5.41, 5.74) is 4.87. The summed E-state index contributed by atoms with van der Waals surface area (Å²) >= 11 is 3.51. The molecule has 0 aliphatic carbocycles. The first kappa shape index (κ1) is 16.5. The van der Waals surface area contributed by atoms with E-state index in [1.54, 1.807) is 0 Å². The first-order chi connectivity index (χ1) is 11.6. The molecule has 0 saturated carbocycles. The number of halogens is 1. The van der Waals surface area contributed by atoms with E-state index in [1.807, 2.05) is 62.5 Å². The smallest absolute Gasteiger partial charge is 0.253 e. The lowest BCUT2D eigenvalue weighted by molar-refractivity contribution is 0.0950. The number of hydrogen-bond acceptors (Lipinski definition) is 1. The van der Waals surface area contributed by atoms with Gasteiger partial charge in [0.25, 0.3) is 5.91 Å². The summed E-state index contributed by atoms with van der Waals surface area (Å²) < 4.78 is 3.06. The summed E-state index contributed by atoms with van der Waals surface area (Å²) in [4.78, 5) is 12.6. The molecule has 122 valence electrons. The van der Waals surface area contributed by atoms with Gasteiger partial charge in [-0.05, 0) is 30.2 Å². The molecule has 1 amide bonds. The van der Waals surface area contributed by atoms with E-state index in [1.165, 1.54) is 0 Å². The van der Waals surface area contributed by atoms with Crippen molar-refractivity contribution in [2.24, 2.45) is 7.05 Å². The van der Waals surface area contributed by atoms with E-state index in [-0.39, 0.29) is 5.91 Å². The molecule has 0 bridgehead atoms. The predicted octanol–water partition coefficient (Wildman–Crippen LogP) is 4.69. The van der Waals surface area contributed by atoms with Crippen LogP contribution in [-0.4, -0.2) is 10.5 Å². The SMILES string of the molecule is Cc1c(C(=O)NCc2ccccc2Br)cc(-c2ccccc2)n1C. The van der Waals surface area contributed by atoms with Gasteiger partial charge in [0.1, 0.15) is 0 Å². The first-order valence-electron chi connectivity index (χ1n) is 7.81. The number of benzene rings is 2. The number of rotatable bonds is 4. The van der Waals surface area contributed by atoms with Crippen molar-refractivity contribution < 1.29 is 4.79 Å². The Bertz CT molecular complexity index is 869. The molecule has 0 radical (unpaired) electrons. The Morgan fingerprint density at radius 1 is 1.08 bits per heavy atom. The minimum Gasteiger partial charge on any atom is -0.348 e. The van der Waals surface area contributed by atoms with Gasteiger partial charge >= 0.3 is 0 Å². The molecule has 1 aromatic heterocycles. The van der Waals surface area contributed by atoms with Crippen LogP contribution in [0.2, 0.25) is 0 Å². The van der Waals surface area contributed by atoms with Gasteiger partial charge in [-0.25, -0.2) is 0 Å². The third kappa shape index (κ3) is 3.29. The normalized spacial score (nSPS) is 10.6.